The lowest BCUT2D eigenvalue weighted by atomic mass is 10.1. The first-order valence-corrected chi connectivity index (χ1v) is 7.39. The topological polar surface area (TPSA) is 72.2 Å². The van der Waals surface area contributed by atoms with Gasteiger partial charge in [0.1, 0.15) is 5.82 Å². The molecule has 6 nitrogen and oxygen atoms in total. The first-order valence-electron chi connectivity index (χ1n) is 7.39. The fraction of sp³-hybridized carbons (Fsp3) is 0.250. The van der Waals surface area contributed by atoms with E-state index < -0.39 is 0 Å². The van der Waals surface area contributed by atoms with Gasteiger partial charge in [-0.1, -0.05) is 6.07 Å². The van der Waals surface area contributed by atoms with Crippen LogP contribution in [0.5, 0.6) is 0 Å². The van der Waals surface area contributed by atoms with Crippen molar-refractivity contribution in [2.45, 2.75) is 25.8 Å². The minimum atomic E-state index is -0.350. The maximum atomic E-state index is 13.3. The quantitative estimate of drug-likeness (QED) is 0.785. The van der Waals surface area contributed by atoms with Gasteiger partial charge in [-0.05, 0) is 49.1 Å². The summed E-state index contributed by atoms with van der Waals surface area (Å²) in [5, 5.41) is 7.12. The van der Waals surface area contributed by atoms with Crippen LogP contribution >= 0.6 is 0 Å². The zero-order valence-electron chi connectivity index (χ0n) is 12.5. The third kappa shape index (κ3) is 2.34. The summed E-state index contributed by atoms with van der Waals surface area (Å²) in [7, 11) is 0. The van der Waals surface area contributed by atoms with Gasteiger partial charge >= 0.3 is 0 Å². The highest BCUT2D eigenvalue weighted by Gasteiger charge is 2.26. The highest BCUT2D eigenvalue weighted by Crippen LogP contribution is 2.31. The van der Waals surface area contributed by atoms with Gasteiger partial charge in [0.15, 0.2) is 0 Å². The van der Waals surface area contributed by atoms with Gasteiger partial charge in [-0.25, -0.2) is 13.9 Å². The molecule has 2 heterocycles. The van der Waals surface area contributed by atoms with Gasteiger partial charge in [0, 0.05) is 11.9 Å². The number of rotatable bonds is 2. The average Bonchev–Trinajstić information content (AvgIpc) is 3.12. The maximum Gasteiger partial charge on any atom is 0.291 e. The smallest absolute Gasteiger partial charge is 0.291 e. The molecule has 0 fully saturated rings. The summed E-state index contributed by atoms with van der Waals surface area (Å²) in [5.74, 6) is -0.122. The van der Waals surface area contributed by atoms with Crippen LogP contribution in [0, 0.1) is 12.7 Å². The summed E-state index contributed by atoms with van der Waals surface area (Å²) < 4.78 is 14.8. The van der Waals surface area contributed by atoms with E-state index in [0.29, 0.717) is 5.78 Å². The van der Waals surface area contributed by atoms with E-state index in [1.807, 2.05) is 6.92 Å². The van der Waals surface area contributed by atoms with Gasteiger partial charge in [-0.3, -0.25) is 4.79 Å². The lowest BCUT2D eigenvalue weighted by Crippen LogP contribution is -2.28. The predicted molar refractivity (Wildman–Crippen MR) is 80.4 cm³/mol. The largest absolute Gasteiger partial charge is 0.342 e. The van der Waals surface area contributed by atoms with Crippen LogP contribution in [-0.4, -0.2) is 25.5 Å². The summed E-state index contributed by atoms with van der Waals surface area (Å²) in [4.78, 5) is 20.7. The van der Waals surface area contributed by atoms with Crippen molar-refractivity contribution in [2.75, 3.05) is 0 Å². The first-order chi connectivity index (χ1) is 11.1. The van der Waals surface area contributed by atoms with Gasteiger partial charge in [0.05, 0.1) is 6.04 Å². The minimum absolute atomic E-state index is 0.0855. The lowest BCUT2D eigenvalue weighted by molar-refractivity contribution is 0.0926. The van der Waals surface area contributed by atoms with Crippen molar-refractivity contribution in [3.63, 3.8) is 0 Å². The molecule has 0 saturated carbocycles. The van der Waals surface area contributed by atoms with Crippen LogP contribution in [0.2, 0.25) is 0 Å². The number of amides is 1. The Balaban J connectivity index is 1.60. The van der Waals surface area contributed by atoms with Crippen molar-refractivity contribution >= 4 is 11.7 Å². The molecule has 0 saturated heterocycles. The normalized spacial score (nSPS) is 16.5. The third-order valence-corrected chi connectivity index (χ3v) is 4.12. The Labute approximate surface area is 131 Å². The summed E-state index contributed by atoms with van der Waals surface area (Å²) in [6.07, 6.45) is 3.12. The summed E-state index contributed by atoms with van der Waals surface area (Å²) in [5.41, 5.74) is 2.75. The van der Waals surface area contributed by atoms with Gasteiger partial charge in [-0.15, -0.1) is 5.10 Å². The Kier molecular flexibility index (Phi) is 3.07. The Morgan fingerprint density at radius 3 is 3.09 bits per heavy atom. The fourth-order valence-corrected chi connectivity index (χ4v) is 2.96. The number of halogens is 1. The molecule has 0 radical (unpaired) electrons. The second-order valence-electron chi connectivity index (χ2n) is 5.64. The first kappa shape index (κ1) is 13.8. The molecule has 4 rings (SSSR count). The van der Waals surface area contributed by atoms with Crippen LogP contribution in [0.15, 0.2) is 30.5 Å². The second kappa shape index (κ2) is 5.12. The molecule has 1 aromatic carbocycles. The van der Waals surface area contributed by atoms with Crippen molar-refractivity contribution in [1.82, 2.24) is 24.9 Å². The van der Waals surface area contributed by atoms with Crippen LogP contribution in [0.1, 0.15) is 39.9 Å². The predicted octanol–water partition coefficient (Wildman–Crippen LogP) is 1.99. The highest BCUT2D eigenvalue weighted by atomic mass is 19.1. The number of hydrogen-bond acceptors (Lipinski definition) is 4. The molecule has 7 heteroatoms. The molecule has 0 unspecified atom stereocenters. The molecule has 23 heavy (non-hydrogen) atoms. The molecule has 3 aromatic rings. The van der Waals surface area contributed by atoms with Gasteiger partial charge in [0.2, 0.25) is 5.82 Å². The van der Waals surface area contributed by atoms with E-state index >= 15 is 0 Å². The average molecular weight is 311 g/mol. The van der Waals surface area contributed by atoms with E-state index in [-0.39, 0.29) is 23.6 Å². The van der Waals surface area contributed by atoms with E-state index in [1.54, 1.807) is 18.3 Å². The van der Waals surface area contributed by atoms with Crippen molar-refractivity contribution in [1.29, 1.82) is 0 Å². The maximum absolute atomic E-state index is 13.3. The monoisotopic (exact) mass is 311 g/mol. The fourth-order valence-electron chi connectivity index (χ4n) is 2.96. The standard InChI is InChI=1S/C16H14FN5O/c1-9-6-7-18-16-20-14(21-22(9)16)15(23)19-13-5-2-10-8-11(17)3-4-12(10)13/h3-4,6-8,13H,2,5H2,1H3,(H,19,23)/t13-/m1/s1. The van der Waals surface area contributed by atoms with E-state index in [2.05, 4.69) is 20.4 Å². The summed E-state index contributed by atoms with van der Waals surface area (Å²) >= 11 is 0. The van der Waals surface area contributed by atoms with Crippen LogP contribution in [0.4, 0.5) is 4.39 Å². The van der Waals surface area contributed by atoms with Crippen molar-refractivity contribution in [3.8, 4) is 0 Å². The Bertz CT molecular complexity index is 920. The molecule has 0 aliphatic heterocycles. The zero-order chi connectivity index (χ0) is 16.0. The van der Waals surface area contributed by atoms with Gasteiger partial charge in [0.25, 0.3) is 11.7 Å². The molecule has 1 N–H and O–H groups in total. The summed E-state index contributed by atoms with van der Waals surface area (Å²) in [6.45, 7) is 1.87. The number of fused-ring (bicyclic) bond motifs is 2. The molecule has 0 bridgehead atoms. The molecular formula is C16H14FN5O. The van der Waals surface area contributed by atoms with Crippen LogP contribution < -0.4 is 5.32 Å². The molecule has 1 amide bonds. The van der Waals surface area contributed by atoms with Crippen molar-refractivity contribution in [3.05, 3.63) is 58.9 Å². The number of aryl methyl sites for hydroxylation is 2. The minimum Gasteiger partial charge on any atom is -0.342 e. The van der Waals surface area contributed by atoms with Crippen molar-refractivity contribution < 1.29 is 9.18 Å². The molecule has 1 aliphatic carbocycles. The molecule has 2 aromatic heterocycles. The molecule has 1 aliphatic rings. The number of aromatic nitrogens is 4. The highest BCUT2D eigenvalue weighted by molar-refractivity contribution is 5.91. The van der Waals surface area contributed by atoms with E-state index in [1.165, 1.54) is 16.6 Å². The van der Waals surface area contributed by atoms with E-state index in [4.69, 9.17) is 0 Å². The van der Waals surface area contributed by atoms with Gasteiger partial charge < -0.3 is 5.32 Å². The number of carbonyl (C=O) groups is 1. The lowest BCUT2D eigenvalue weighted by Gasteiger charge is -2.12. The summed E-state index contributed by atoms with van der Waals surface area (Å²) in [6, 6.07) is 6.33. The van der Waals surface area contributed by atoms with E-state index in [9.17, 15) is 9.18 Å². The zero-order valence-corrected chi connectivity index (χ0v) is 12.5. The molecule has 1 atom stereocenters. The molecule has 116 valence electrons. The SMILES string of the molecule is Cc1ccnc2nc(C(=O)N[C@@H]3CCc4cc(F)ccc43)nn12. The van der Waals surface area contributed by atoms with Crippen LogP contribution in [-0.2, 0) is 6.42 Å². The van der Waals surface area contributed by atoms with Crippen molar-refractivity contribution in [2.24, 2.45) is 0 Å². The number of nitrogens with zero attached hydrogens (tertiary/aromatic N) is 4. The van der Waals surface area contributed by atoms with Crippen LogP contribution in [0.25, 0.3) is 5.78 Å². The number of nitrogens with one attached hydrogen (secondary N) is 1. The van der Waals surface area contributed by atoms with Gasteiger partial charge in [-0.2, -0.15) is 4.98 Å². The number of benzene rings is 1. The number of hydrogen-bond donors (Lipinski definition) is 1. The van der Waals surface area contributed by atoms with Crippen LogP contribution in [0.3, 0.4) is 0 Å². The second-order valence-corrected chi connectivity index (χ2v) is 5.64. The third-order valence-electron chi connectivity index (χ3n) is 4.12. The Hall–Kier alpha value is -2.83. The number of carbonyl (C=O) groups excluding carboxylic acids is 1. The Morgan fingerprint density at radius 2 is 2.26 bits per heavy atom. The molecule has 0 spiro atoms. The van der Waals surface area contributed by atoms with E-state index in [0.717, 1.165) is 29.7 Å². The molecular weight excluding hydrogens is 297 g/mol. The Morgan fingerprint density at radius 1 is 1.39 bits per heavy atom.